The normalized spacial score (nSPS) is 15.1. The minimum absolute atomic E-state index is 0.0239. The van der Waals surface area contributed by atoms with E-state index in [1.165, 1.54) is 19.3 Å². The van der Waals surface area contributed by atoms with Crippen molar-refractivity contribution in [3.05, 3.63) is 95.1 Å². The molecule has 4 rings (SSSR count). The number of aliphatic hydroxyl groups is 1. The van der Waals surface area contributed by atoms with E-state index in [0.717, 1.165) is 45.9 Å². The van der Waals surface area contributed by atoms with E-state index in [4.69, 9.17) is 4.74 Å². The number of hydrogen-bond acceptors (Lipinski definition) is 5. The molecule has 0 amide bonds. The second kappa shape index (κ2) is 11.3. The molecule has 176 valence electrons. The lowest BCUT2D eigenvalue weighted by atomic mass is 9.97. The van der Waals surface area contributed by atoms with Gasteiger partial charge in [-0.15, -0.1) is 11.3 Å². The highest BCUT2D eigenvalue weighted by molar-refractivity contribution is 7.20. The molecular formula is C29H31NO3S. The Balaban J connectivity index is 1.55. The van der Waals surface area contributed by atoms with Crippen LogP contribution in [0.15, 0.2) is 79.1 Å². The number of nitrogens with zero attached hydrogens (tertiary/aromatic N) is 1. The molecule has 4 nitrogen and oxygen atoms in total. The largest absolute Gasteiger partial charge is 0.509 e. The smallest absolute Gasteiger partial charge is 0.195 e. The van der Waals surface area contributed by atoms with Crippen molar-refractivity contribution in [3.8, 4) is 5.75 Å². The molecule has 1 aromatic heterocycles. The standard InChI is InChI=1S/C29H31NO3S/c1-3-22(12-11-21(2)31)29-27(25-9-5-6-10-26(25)34-29)28(32)23-13-15-24(16-14-23)33-20-19-30-17-7-4-8-18-30/h3,5-6,9-16,31H,2,4,7-8,17-20H2,1H3/b12-11-,22-3+. The number of likely N-dealkylation sites (tertiary alicyclic amines) is 1. The molecule has 1 aliphatic rings. The number of aliphatic hydroxyl groups excluding tert-OH is 1. The fourth-order valence-corrected chi connectivity index (χ4v) is 5.54. The second-order valence-electron chi connectivity index (χ2n) is 8.48. The van der Waals surface area contributed by atoms with Gasteiger partial charge in [0.05, 0.1) is 0 Å². The van der Waals surface area contributed by atoms with Gasteiger partial charge in [-0.1, -0.05) is 43.4 Å². The van der Waals surface area contributed by atoms with Gasteiger partial charge in [-0.2, -0.15) is 0 Å². The van der Waals surface area contributed by atoms with E-state index < -0.39 is 0 Å². The van der Waals surface area contributed by atoms with Crippen molar-refractivity contribution in [3.63, 3.8) is 0 Å². The Morgan fingerprint density at radius 1 is 1.09 bits per heavy atom. The molecule has 0 saturated carbocycles. The van der Waals surface area contributed by atoms with Crippen LogP contribution in [-0.4, -0.2) is 42.0 Å². The highest BCUT2D eigenvalue weighted by Gasteiger charge is 2.21. The van der Waals surface area contributed by atoms with Gasteiger partial charge in [0.1, 0.15) is 18.1 Å². The van der Waals surface area contributed by atoms with Gasteiger partial charge in [0.15, 0.2) is 5.78 Å². The molecule has 34 heavy (non-hydrogen) atoms. The van der Waals surface area contributed by atoms with Gasteiger partial charge in [-0.05, 0) is 74.8 Å². The van der Waals surface area contributed by atoms with Crippen LogP contribution in [0.25, 0.3) is 15.7 Å². The number of fused-ring (bicyclic) bond motifs is 1. The first kappa shape index (κ1) is 24.0. The summed E-state index contributed by atoms with van der Waals surface area (Å²) >= 11 is 1.58. The molecule has 0 aliphatic carbocycles. The SMILES string of the molecule is C=C(O)/C=C\C(=C/C)c1sc2ccccc2c1C(=O)c1ccc(OCCN2CCCCC2)cc1. The fraction of sp³-hybridized carbons (Fsp3) is 0.276. The number of hydrogen-bond donors (Lipinski definition) is 1. The summed E-state index contributed by atoms with van der Waals surface area (Å²) in [6.07, 6.45) is 9.16. The molecule has 1 N–H and O–H groups in total. The summed E-state index contributed by atoms with van der Waals surface area (Å²) in [5.74, 6) is 0.731. The predicted molar refractivity (Wildman–Crippen MR) is 142 cm³/mol. The zero-order chi connectivity index (χ0) is 23.9. The molecular weight excluding hydrogens is 442 g/mol. The van der Waals surface area contributed by atoms with Crippen LogP contribution in [0.1, 0.15) is 47.0 Å². The zero-order valence-electron chi connectivity index (χ0n) is 19.6. The summed E-state index contributed by atoms with van der Waals surface area (Å²) in [5, 5.41) is 10.5. The van der Waals surface area contributed by atoms with Gasteiger partial charge in [0.2, 0.25) is 0 Å². The van der Waals surface area contributed by atoms with Crippen LogP contribution >= 0.6 is 11.3 Å². The minimum atomic E-state index is -0.0251. The van der Waals surface area contributed by atoms with Crippen LogP contribution in [0.4, 0.5) is 0 Å². The van der Waals surface area contributed by atoms with Gasteiger partial charge in [0, 0.05) is 32.6 Å². The van der Waals surface area contributed by atoms with Gasteiger partial charge in [-0.3, -0.25) is 9.69 Å². The molecule has 2 aromatic carbocycles. The van der Waals surface area contributed by atoms with E-state index in [1.54, 1.807) is 23.5 Å². The van der Waals surface area contributed by atoms with Crippen LogP contribution < -0.4 is 4.74 Å². The molecule has 0 radical (unpaired) electrons. The lowest BCUT2D eigenvalue weighted by Gasteiger charge is -2.26. The highest BCUT2D eigenvalue weighted by atomic mass is 32.1. The van der Waals surface area contributed by atoms with Crippen molar-refractivity contribution in [2.75, 3.05) is 26.2 Å². The fourth-order valence-electron chi connectivity index (χ4n) is 4.29. The van der Waals surface area contributed by atoms with Crippen LogP contribution in [0.3, 0.4) is 0 Å². The molecule has 2 heterocycles. The first-order chi connectivity index (χ1) is 16.6. The second-order valence-corrected chi connectivity index (χ2v) is 9.53. The van der Waals surface area contributed by atoms with Gasteiger partial charge >= 0.3 is 0 Å². The number of piperidine rings is 1. The summed E-state index contributed by atoms with van der Waals surface area (Å²) in [5.41, 5.74) is 2.18. The van der Waals surface area contributed by atoms with Crippen LogP contribution in [0.2, 0.25) is 0 Å². The minimum Gasteiger partial charge on any atom is -0.509 e. The lowest BCUT2D eigenvalue weighted by molar-refractivity contribution is 0.104. The van der Waals surface area contributed by atoms with Crippen LogP contribution in [-0.2, 0) is 0 Å². The third-order valence-corrected chi connectivity index (χ3v) is 7.31. The van der Waals surface area contributed by atoms with Gasteiger partial charge in [0.25, 0.3) is 0 Å². The van der Waals surface area contributed by atoms with Crippen molar-refractivity contribution in [1.29, 1.82) is 0 Å². The van der Waals surface area contributed by atoms with Crippen molar-refractivity contribution >= 4 is 32.8 Å². The Morgan fingerprint density at radius 2 is 1.82 bits per heavy atom. The topological polar surface area (TPSA) is 49.8 Å². The third kappa shape index (κ3) is 5.66. The Labute approximate surface area is 205 Å². The quantitative estimate of drug-likeness (QED) is 0.206. The number of benzene rings is 2. The lowest BCUT2D eigenvalue weighted by Crippen LogP contribution is -2.33. The summed E-state index contributed by atoms with van der Waals surface area (Å²) < 4.78 is 6.99. The van der Waals surface area contributed by atoms with E-state index in [9.17, 15) is 9.90 Å². The first-order valence-corrected chi connectivity index (χ1v) is 12.6. The first-order valence-electron chi connectivity index (χ1n) is 11.8. The highest BCUT2D eigenvalue weighted by Crippen LogP contribution is 2.38. The van der Waals surface area contributed by atoms with E-state index in [1.807, 2.05) is 61.5 Å². The Morgan fingerprint density at radius 3 is 2.53 bits per heavy atom. The number of carbonyl (C=O) groups excluding carboxylic acids is 1. The number of ether oxygens (including phenoxy) is 1. The summed E-state index contributed by atoms with van der Waals surface area (Å²) in [7, 11) is 0. The number of carbonyl (C=O) groups is 1. The summed E-state index contributed by atoms with van der Waals surface area (Å²) in [4.78, 5) is 17.0. The third-order valence-electron chi connectivity index (χ3n) is 6.09. The number of thiophene rings is 1. The number of allylic oxidation sites excluding steroid dienone is 4. The van der Waals surface area contributed by atoms with E-state index in [0.29, 0.717) is 17.7 Å². The monoisotopic (exact) mass is 473 g/mol. The average Bonchev–Trinajstić information content (AvgIpc) is 3.24. The predicted octanol–water partition coefficient (Wildman–Crippen LogP) is 7.03. The summed E-state index contributed by atoms with van der Waals surface area (Å²) in [6.45, 7) is 9.35. The van der Waals surface area contributed by atoms with Crippen LogP contribution in [0, 0.1) is 0 Å². The maximum absolute atomic E-state index is 13.7. The van der Waals surface area contributed by atoms with E-state index in [2.05, 4.69) is 11.5 Å². The van der Waals surface area contributed by atoms with E-state index >= 15 is 0 Å². The Bertz CT molecular complexity index is 1210. The molecule has 3 aromatic rings. The van der Waals surface area contributed by atoms with Crippen molar-refractivity contribution in [2.24, 2.45) is 0 Å². The Kier molecular flexibility index (Phi) is 7.99. The molecule has 5 heteroatoms. The van der Waals surface area contributed by atoms with Crippen molar-refractivity contribution in [1.82, 2.24) is 4.90 Å². The van der Waals surface area contributed by atoms with Crippen LogP contribution in [0.5, 0.6) is 5.75 Å². The number of rotatable bonds is 9. The maximum atomic E-state index is 13.7. The molecule has 1 fully saturated rings. The zero-order valence-corrected chi connectivity index (χ0v) is 20.4. The van der Waals surface area contributed by atoms with E-state index in [-0.39, 0.29) is 11.5 Å². The summed E-state index contributed by atoms with van der Waals surface area (Å²) in [6, 6.07) is 15.4. The van der Waals surface area contributed by atoms with Crippen molar-refractivity contribution < 1.29 is 14.6 Å². The molecule has 0 bridgehead atoms. The molecule has 1 saturated heterocycles. The van der Waals surface area contributed by atoms with Crippen molar-refractivity contribution in [2.45, 2.75) is 26.2 Å². The van der Waals surface area contributed by atoms with Gasteiger partial charge in [-0.25, -0.2) is 0 Å². The maximum Gasteiger partial charge on any atom is 0.195 e. The molecule has 0 unspecified atom stereocenters. The molecule has 0 atom stereocenters. The van der Waals surface area contributed by atoms with Gasteiger partial charge < -0.3 is 9.84 Å². The number of ketones is 1. The average molecular weight is 474 g/mol. The molecule has 0 spiro atoms. The molecule has 1 aliphatic heterocycles. The Hall–Kier alpha value is -3.15.